The maximum Gasteiger partial charge on any atom is 0.133 e. The summed E-state index contributed by atoms with van der Waals surface area (Å²) in [6.07, 6.45) is 0.949. The van der Waals surface area contributed by atoms with Crippen molar-refractivity contribution in [2.45, 2.75) is 26.3 Å². The van der Waals surface area contributed by atoms with E-state index in [4.69, 9.17) is 5.73 Å². The van der Waals surface area contributed by atoms with Crippen LogP contribution >= 0.6 is 11.3 Å². The molecular weight excluding hydrogens is 146 g/mol. The molecule has 0 aromatic carbocycles. The zero-order valence-corrected chi connectivity index (χ0v) is 6.98. The standard InChI is InChI=1S/C6H11N3S/c1-3-5-8-9-6(10-5)4(2)7/h4H,3,7H2,1-2H3/t4-/m0/s1. The molecule has 0 aliphatic carbocycles. The first-order valence-electron chi connectivity index (χ1n) is 3.32. The van der Waals surface area contributed by atoms with E-state index in [1.807, 2.05) is 6.92 Å². The van der Waals surface area contributed by atoms with Gasteiger partial charge in [0.2, 0.25) is 0 Å². The van der Waals surface area contributed by atoms with Crippen molar-refractivity contribution in [2.24, 2.45) is 5.73 Å². The highest BCUT2D eigenvalue weighted by Crippen LogP contribution is 2.15. The lowest BCUT2D eigenvalue weighted by molar-refractivity contribution is 0.782. The Hall–Kier alpha value is -0.480. The summed E-state index contributed by atoms with van der Waals surface area (Å²) in [5.74, 6) is 0. The third kappa shape index (κ3) is 1.52. The van der Waals surface area contributed by atoms with Crippen LogP contribution in [0.25, 0.3) is 0 Å². The maximum absolute atomic E-state index is 5.59. The molecule has 0 unspecified atom stereocenters. The fourth-order valence-corrected chi connectivity index (χ4v) is 1.33. The molecule has 0 aliphatic heterocycles. The van der Waals surface area contributed by atoms with E-state index in [0.717, 1.165) is 16.4 Å². The van der Waals surface area contributed by atoms with E-state index < -0.39 is 0 Å². The van der Waals surface area contributed by atoms with Crippen molar-refractivity contribution in [1.82, 2.24) is 10.2 Å². The fourth-order valence-electron chi connectivity index (χ4n) is 0.593. The molecule has 0 saturated carbocycles. The predicted octanol–water partition coefficient (Wildman–Crippen LogP) is 1.12. The molecule has 2 N–H and O–H groups in total. The molecule has 1 aromatic heterocycles. The molecule has 0 aliphatic rings. The SMILES string of the molecule is CCc1nnc([C@H](C)N)s1. The van der Waals surface area contributed by atoms with Crippen LogP contribution < -0.4 is 5.73 Å². The fraction of sp³-hybridized carbons (Fsp3) is 0.667. The lowest BCUT2D eigenvalue weighted by atomic mass is 10.4. The average Bonchev–Trinajstić information content (AvgIpc) is 2.34. The second-order valence-corrected chi connectivity index (χ2v) is 3.27. The molecule has 1 rings (SSSR count). The van der Waals surface area contributed by atoms with Gasteiger partial charge in [-0.2, -0.15) is 0 Å². The highest BCUT2D eigenvalue weighted by atomic mass is 32.1. The lowest BCUT2D eigenvalue weighted by Crippen LogP contribution is -2.03. The lowest BCUT2D eigenvalue weighted by Gasteiger charge is -1.93. The zero-order chi connectivity index (χ0) is 7.56. The summed E-state index contributed by atoms with van der Waals surface area (Å²) in [4.78, 5) is 0. The summed E-state index contributed by atoms with van der Waals surface area (Å²) in [5, 5.41) is 9.86. The van der Waals surface area contributed by atoms with Crippen LogP contribution in [0.4, 0.5) is 0 Å². The summed E-state index contributed by atoms with van der Waals surface area (Å²) >= 11 is 1.59. The van der Waals surface area contributed by atoms with Crippen molar-refractivity contribution >= 4 is 11.3 Å². The van der Waals surface area contributed by atoms with Crippen molar-refractivity contribution in [3.05, 3.63) is 10.0 Å². The Morgan fingerprint density at radius 1 is 1.60 bits per heavy atom. The van der Waals surface area contributed by atoms with E-state index >= 15 is 0 Å². The van der Waals surface area contributed by atoms with Gasteiger partial charge in [0.1, 0.15) is 10.0 Å². The Labute approximate surface area is 64.3 Å². The number of hydrogen-bond donors (Lipinski definition) is 1. The van der Waals surface area contributed by atoms with Crippen LogP contribution in [0.15, 0.2) is 0 Å². The molecule has 56 valence electrons. The molecule has 1 aromatic rings. The smallest absolute Gasteiger partial charge is 0.133 e. The van der Waals surface area contributed by atoms with Gasteiger partial charge in [0.05, 0.1) is 6.04 Å². The Bertz CT molecular complexity index is 207. The van der Waals surface area contributed by atoms with Gasteiger partial charge < -0.3 is 5.73 Å². The van der Waals surface area contributed by atoms with E-state index in [0.29, 0.717) is 0 Å². The van der Waals surface area contributed by atoms with Crippen molar-refractivity contribution in [3.63, 3.8) is 0 Å². The molecule has 10 heavy (non-hydrogen) atoms. The Morgan fingerprint density at radius 3 is 2.60 bits per heavy atom. The van der Waals surface area contributed by atoms with E-state index in [1.165, 1.54) is 0 Å². The number of aromatic nitrogens is 2. The largest absolute Gasteiger partial charge is 0.322 e. The highest BCUT2D eigenvalue weighted by molar-refractivity contribution is 7.11. The normalized spacial score (nSPS) is 13.5. The molecule has 0 fully saturated rings. The first-order valence-corrected chi connectivity index (χ1v) is 4.13. The van der Waals surface area contributed by atoms with Crippen LogP contribution in [0.5, 0.6) is 0 Å². The molecule has 0 amide bonds. The number of nitrogens with two attached hydrogens (primary N) is 1. The Morgan fingerprint density at radius 2 is 2.30 bits per heavy atom. The molecule has 0 bridgehead atoms. The first kappa shape index (κ1) is 7.63. The number of aryl methyl sites for hydroxylation is 1. The minimum absolute atomic E-state index is 0.0257. The highest BCUT2D eigenvalue weighted by Gasteiger charge is 2.05. The Kier molecular flexibility index (Phi) is 2.34. The second-order valence-electron chi connectivity index (χ2n) is 2.18. The van der Waals surface area contributed by atoms with Crippen molar-refractivity contribution in [3.8, 4) is 0 Å². The van der Waals surface area contributed by atoms with E-state index in [9.17, 15) is 0 Å². The van der Waals surface area contributed by atoms with Crippen LogP contribution in [-0.4, -0.2) is 10.2 Å². The van der Waals surface area contributed by atoms with Crippen molar-refractivity contribution < 1.29 is 0 Å². The first-order chi connectivity index (χ1) is 4.74. The maximum atomic E-state index is 5.59. The molecule has 3 nitrogen and oxygen atoms in total. The zero-order valence-electron chi connectivity index (χ0n) is 6.16. The van der Waals surface area contributed by atoms with Gasteiger partial charge in [0.25, 0.3) is 0 Å². The summed E-state index contributed by atoms with van der Waals surface area (Å²) in [6.45, 7) is 3.98. The predicted molar refractivity (Wildman–Crippen MR) is 41.9 cm³/mol. The van der Waals surface area contributed by atoms with Crippen LogP contribution in [0.3, 0.4) is 0 Å². The van der Waals surface area contributed by atoms with Gasteiger partial charge in [-0.3, -0.25) is 0 Å². The van der Waals surface area contributed by atoms with E-state index in [1.54, 1.807) is 11.3 Å². The van der Waals surface area contributed by atoms with Gasteiger partial charge in [-0.15, -0.1) is 10.2 Å². The third-order valence-corrected chi connectivity index (χ3v) is 2.44. The second kappa shape index (κ2) is 3.07. The van der Waals surface area contributed by atoms with Crippen LogP contribution in [-0.2, 0) is 6.42 Å². The summed E-state index contributed by atoms with van der Waals surface area (Å²) in [5.41, 5.74) is 5.59. The average molecular weight is 157 g/mol. The molecule has 1 atom stereocenters. The van der Waals surface area contributed by atoms with Crippen LogP contribution in [0, 0.1) is 0 Å². The number of nitrogens with zero attached hydrogens (tertiary/aromatic N) is 2. The van der Waals surface area contributed by atoms with Gasteiger partial charge in [0, 0.05) is 0 Å². The van der Waals surface area contributed by atoms with Crippen LogP contribution in [0.2, 0.25) is 0 Å². The van der Waals surface area contributed by atoms with Gasteiger partial charge in [-0.05, 0) is 13.3 Å². The molecule has 0 spiro atoms. The Balaban J connectivity index is 2.78. The van der Waals surface area contributed by atoms with Crippen LogP contribution in [0.1, 0.15) is 29.9 Å². The summed E-state index contributed by atoms with van der Waals surface area (Å²) < 4.78 is 0. The molecule has 0 radical (unpaired) electrons. The third-order valence-electron chi connectivity index (χ3n) is 1.17. The van der Waals surface area contributed by atoms with Crippen molar-refractivity contribution in [1.29, 1.82) is 0 Å². The number of hydrogen-bond acceptors (Lipinski definition) is 4. The van der Waals surface area contributed by atoms with Gasteiger partial charge in [-0.25, -0.2) is 0 Å². The molecule has 1 heterocycles. The summed E-state index contributed by atoms with van der Waals surface area (Å²) in [7, 11) is 0. The van der Waals surface area contributed by atoms with Crippen molar-refractivity contribution in [2.75, 3.05) is 0 Å². The number of rotatable bonds is 2. The summed E-state index contributed by atoms with van der Waals surface area (Å²) in [6, 6.07) is 0.0257. The van der Waals surface area contributed by atoms with Gasteiger partial charge in [-0.1, -0.05) is 18.3 Å². The minimum Gasteiger partial charge on any atom is -0.322 e. The molecule has 0 saturated heterocycles. The topological polar surface area (TPSA) is 51.8 Å². The molecule has 4 heteroatoms. The minimum atomic E-state index is 0.0257. The van der Waals surface area contributed by atoms with E-state index in [-0.39, 0.29) is 6.04 Å². The quantitative estimate of drug-likeness (QED) is 0.700. The van der Waals surface area contributed by atoms with E-state index in [2.05, 4.69) is 17.1 Å². The monoisotopic (exact) mass is 157 g/mol. The molecular formula is C6H11N3S. The van der Waals surface area contributed by atoms with Gasteiger partial charge in [0.15, 0.2) is 0 Å². The van der Waals surface area contributed by atoms with Gasteiger partial charge >= 0.3 is 0 Å².